The number of anilines is 1. The first-order valence-electron chi connectivity index (χ1n) is 13.1. The summed E-state index contributed by atoms with van der Waals surface area (Å²) in [4.78, 5) is 29.3. The lowest BCUT2D eigenvalue weighted by atomic mass is 10.1. The van der Waals surface area contributed by atoms with Crippen LogP contribution in [0.3, 0.4) is 0 Å². The number of rotatable bonds is 6. The maximum atomic E-state index is 13.5. The van der Waals surface area contributed by atoms with Crippen molar-refractivity contribution in [1.82, 2.24) is 29.3 Å². The van der Waals surface area contributed by atoms with E-state index in [0.29, 0.717) is 24.6 Å². The SMILES string of the molecule is C=CC(=O)N1CCN(Cc2ccc(-n3c(-c4cccnc4N)cc4ncc(-c5ccc(F)cn5)cc43)cc2)CC1. The molecule has 40 heavy (non-hydrogen) atoms. The molecule has 1 aromatic carbocycles. The standard InChI is InChI=1S/C31H28FN7O/c1-2-30(40)38-14-12-37(13-15-38)20-21-5-8-24(9-6-21)39-28(25-4-3-11-34-31(25)33)17-27-29(39)16-22(18-35-27)26-10-7-23(32)19-36-26/h2-11,16-19H,1,12-15,20H2,(H2,33,34). The third kappa shape index (κ3) is 4.94. The van der Waals surface area contributed by atoms with Gasteiger partial charge in [-0.3, -0.25) is 19.7 Å². The fraction of sp³-hybridized carbons (Fsp3) is 0.161. The van der Waals surface area contributed by atoms with Gasteiger partial charge in [0.05, 0.1) is 28.6 Å². The van der Waals surface area contributed by atoms with Gasteiger partial charge in [0.25, 0.3) is 0 Å². The van der Waals surface area contributed by atoms with Crippen molar-refractivity contribution in [3.63, 3.8) is 0 Å². The summed E-state index contributed by atoms with van der Waals surface area (Å²) >= 11 is 0. The highest BCUT2D eigenvalue weighted by Gasteiger charge is 2.20. The van der Waals surface area contributed by atoms with Gasteiger partial charge >= 0.3 is 0 Å². The van der Waals surface area contributed by atoms with Gasteiger partial charge in [-0.1, -0.05) is 18.7 Å². The smallest absolute Gasteiger partial charge is 0.246 e. The summed E-state index contributed by atoms with van der Waals surface area (Å²) in [5.74, 6) is 0.0290. The molecule has 0 unspecified atom stereocenters. The topological polar surface area (TPSA) is 93.2 Å². The molecule has 4 aromatic heterocycles. The molecule has 0 bridgehead atoms. The molecule has 200 valence electrons. The highest BCUT2D eigenvalue weighted by molar-refractivity contribution is 5.90. The van der Waals surface area contributed by atoms with Gasteiger partial charge in [0.2, 0.25) is 5.91 Å². The van der Waals surface area contributed by atoms with E-state index in [0.717, 1.165) is 53.2 Å². The summed E-state index contributed by atoms with van der Waals surface area (Å²) in [6.07, 6.45) is 6.00. The molecular formula is C31H28FN7O. The minimum Gasteiger partial charge on any atom is -0.383 e. The second kappa shape index (κ2) is 10.7. The lowest BCUT2D eigenvalue weighted by Crippen LogP contribution is -2.47. The summed E-state index contributed by atoms with van der Waals surface area (Å²) in [7, 11) is 0. The average molecular weight is 534 g/mol. The Balaban J connectivity index is 1.35. The Hall–Kier alpha value is -4.89. The molecule has 1 saturated heterocycles. The quantitative estimate of drug-likeness (QED) is 0.318. The molecular weight excluding hydrogens is 505 g/mol. The van der Waals surface area contributed by atoms with Crippen LogP contribution in [0.1, 0.15) is 5.56 Å². The number of hydrogen-bond donors (Lipinski definition) is 1. The van der Waals surface area contributed by atoms with E-state index in [1.807, 2.05) is 29.2 Å². The summed E-state index contributed by atoms with van der Waals surface area (Å²) in [5.41, 5.74) is 13.2. The van der Waals surface area contributed by atoms with Crippen LogP contribution >= 0.6 is 0 Å². The second-order valence-corrected chi connectivity index (χ2v) is 9.76. The molecule has 2 N–H and O–H groups in total. The first kappa shape index (κ1) is 25.4. The number of aromatic nitrogens is 4. The van der Waals surface area contributed by atoms with E-state index in [2.05, 4.69) is 50.3 Å². The van der Waals surface area contributed by atoms with Gasteiger partial charge in [0.1, 0.15) is 11.6 Å². The summed E-state index contributed by atoms with van der Waals surface area (Å²) in [5, 5.41) is 0. The van der Waals surface area contributed by atoms with Gasteiger partial charge in [0.15, 0.2) is 0 Å². The number of halogens is 1. The largest absolute Gasteiger partial charge is 0.383 e. The number of benzene rings is 1. The molecule has 0 saturated carbocycles. The van der Waals surface area contributed by atoms with E-state index in [-0.39, 0.29) is 11.7 Å². The van der Waals surface area contributed by atoms with Gasteiger partial charge in [-0.05, 0) is 60.2 Å². The molecule has 5 heterocycles. The van der Waals surface area contributed by atoms with Crippen molar-refractivity contribution in [1.29, 1.82) is 0 Å². The predicted molar refractivity (Wildman–Crippen MR) is 154 cm³/mol. The number of carbonyl (C=O) groups is 1. The van der Waals surface area contributed by atoms with Crippen molar-refractivity contribution in [3.05, 3.63) is 103 Å². The number of fused-ring (bicyclic) bond motifs is 1. The predicted octanol–water partition coefficient (Wildman–Crippen LogP) is 4.70. The Morgan fingerprint density at radius 2 is 1.77 bits per heavy atom. The molecule has 1 aliphatic rings. The fourth-order valence-electron chi connectivity index (χ4n) is 5.14. The van der Waals surface area contributed by atoms with Gasteiger partial charge in [-0.25, -0.2) is 9.37 Å². The minimum atomic E-state index is -0.386. The number of amides is 1. The van der Waals surface area contributed by atoms with Gasteiger partial charge in [-0.15, -0.1) is 0 Å². The third-order valence-electron chi connectivity index (χ3n) is 7.25. The number of piperazine rings is 1. The summed E-state index contributed by atoms with van der Waals surface area (Å²) in [6.45, 7) is 7.43. The van der Waals surface area contributed by atoms with Crippen molar-refractivity contribution in [3.8, 4) is 28.2 Å². The van der Waals surface area contributed by atoms with Crippen LogP contribution in [0.5, 0.6) is 0 Å². The molecule has 0 aliphatic carbocycles. The fourth-order valence-corrected chi connectivity index (χ4v) is 5.14. The molecule has 0 radical (unpaired) electrons. The van der Waals surface area contributed by atoms with Crippen LogP contribution in [0.25, 0.3) is 39.2 Å². The van der Waals surface area contributed by atoms with Crippen LogP contribution in [0.15, 0.2) is 91.9 Å². The van der Waals surface area contributed by atoms with Crippen LogP contribution in [-0.2, 0) is 11.3 Å². The third-order valence-corrected chi connectivity index (χ3v) is 7.25. The van der Waals surface area contributed by atoms with E-state index in [1.54, 1.807) is 18.5 Å². The van der Waals surface area contributed by atoms with Crippen LogP contribution in [0, 0.1) is 5.82 Å². The van der Waals surface area contributed by atoms with E-state index >= 15 is 0 Å². The second-order valence-electron chi connectivity index (χ2n) is 9.76. The monoisotopic (exact) mass is 533 g/mol. The Morgan fingerprint density at radius 1 is 0.975 bits per heavy atom. The van der Waals surface area contributed by atoms with E-state index in [9.17, 15) is 9.18 Å². The Labute approximate surface area is 231 Å². The van der Waals surface area contributed by atoms with E-state index in [1.165, 1.54) is 23.9 Å². The lowest BCUT2D eigenvalue weighted by molar-refractivity contribution is -0.127. The maximum Gasteiger partial charge on any atom is 0.246 e. The Kier molecular flexibility index (Phi) is 6.79. The van der Waals surface area contributed by atoms with Crippen molar-refractivity contribution in [2.75, 3.05) is 31.9 Å². The first-order valence-corrected chi connectivity index (χ1v) is 13.1. The van der Waals surface area contributed by atoms with Gasteiger partial charge < -0.3 is 15.2 Å². The zero-order chi connectivity index (χ0) is 27.6. The molecule has 0 spiro atoms. The molecule has 6 rings (SSSR count). The van der Waals surface area contributed by atoms with Crippen LogP contribution < -0.4 is 5.73 Å². The van der Waals surface area contributed by atoms with Crippen LogP contribution in [0.4, 0.5) is 10.2 Å². The van der Waals surface area contributed by atoms with Crippen molar-refractivity contribution in [2.24, 2.45) is 0 Å². The number of hydrogen-bond acceptors (Lipinski definition) is 6. The summed E-state index contributed by atoms with van der Waals surface area (Å²) < 4.78 is 15.6. The normalized spacial score (nSPS) is 14.0. The zero-order valence-corrected chi connectivity index (χ0v) is 21.9. The highest BCUT2D eigenvalue weighted by Crippen LogP contribution is 2.34. The number of nitrogens with zero attached hydrogens (tertiary/aromatic N) is 6. The molecule has 1 aliphatic heterocycles. The number of nitrogens with two attached hydrogens (primary N) is 1. The van der Waals surface area contributed by atoms with E-state index in [4.69, 9.17) is 10.7 Å². The highest BCUT2D eigenvalue weighted by atomic mass is 19.1. The van der Waals surface area contributed by atoms with Crippen molar-refractivity contribution < 1.29 is 9.18 Å². The molecule has 1 amide bonds. The maximum absolute atomic E-state index is 13.5. The first-order chi connectivity index (χ1) is 19.5. The zero-order valence-electron chi connectivity index (χ0n) is 21.9. The molecule has 0 atom stereocenters. The van der Waals surface area contributed by atoms with E-state index < -0.39 is 0 Å². The van der Waals surface area contributed by atoms with Crippen LogP contribution in [-0.4, -0.2) is 61.4 Å². The van der Waals surface area contributed by atoms with Crippen molar-refractivity contribution in [2.45, 2.75) is 6.54 Å². The Bertz CT molecular complexity index is 1690. The van der Waals surface area contributed by atoms with Gasteiger partial charge in [0, 0.05) is 61.9 Å². The molecule has 1 fully saturated rings. The van der Waals surface area contributed by atoms with Crippen molar-refractivity contribution >= 4 is 22.8 Å². The number of pyridine rings is 3. The van der Waals surface area contributed by atoms with Gasteiger partial charge in [-0.2, -0.15) is 0 Å². The molecule has 8 nitrogen and oxygen atoms in total. The number of carbonyl (C=O) groups excluding carboxylic acids is 1. The molecule has 5 aromatic rings. The Morgan fingerprint density at radius 3 is 2.48 bits per heavy atom. The lowest BCUT2D eigenvalue weighted by Gasteiger charge is -2.34. The summed E-state index contributed by atoms with van der Waals surface area (Å²) in [6, 6.07) is 19.3. The minimum absolute atomic E-state index is 0.0131. The average Bonchev–Trinajstić information content (AvgIpc) is 3.37. The number of nitrogen functional groups attached to an aromatic ring is 1. The molecule has 9 heteroatoms. The van der Waals surface area contributed by atoms with Crippen LogP contribution in [0.2, 0.25) is 0 Å².